The van der Waals surface area contributed by atoms with E-state index in [0.29, 0.717) is 15.6 Å². The van der Waals surface area contributed by atoms with E-state index in [2.05, 4.69) is 10.3 Å². The molecule has 0 saturated heterocycles. The number of pyridine rings is 1. The van der Waals surface area contributed by atoms with E-state index < -0.39 is 11.9 Å². The Morgan fingerprint density at radius 2 is 2.10 bits per heavy atom. The minimum atomic E-state index is -0.480. The monoisotopic (exact) mass is 324 g/mol. The molecule has 0 saturated carbocycles. The first kappa shape index (κ1) is 15.5. The largest absolute Gasteiger partial charge is 0.465 e. The normalized spacial score (nSPS) is 10.3. The maximum Gasteiger partial charge on any atom is 0.341 e. The molecule has 0 aromatic carbocycles. The van der Waals surface area contributed by atoms with Crippen molar-refractivity contribution in [2.45, 2.75) is 13.8 Å². The highest BCUT2D eigenvalue weighted by Gasteiger charge is 2.22. The molecule has 0 aliphatic carbocycles. The predicted molar refractivity (Wildman–Crippen MR) is 82.3 cm³/mol. The first-order chi connectivity index (χ1) is 9.93. The average Bonchev–Trinajstić information content (AvgIpc) is 2.73. The van der Waals surface area contributed by atoms with Crippen LogP contribution in [0.3, 0.4) is 0 Å². The third-order valence-electron chi connectivity index (χ3n) is 2.96. The Kier molecular flexibility index (Phi) is 4.59. The van der Waals surface area contributed by atoms with Gasteiger partial charge in [-0.25, -0.2) is 4.79 Å². The Bertz CT molecular complexity index is 712. The van der Waals surface area contributed by atoms with Crippen molar-refractivity contribution in [3.8, 4) is 0 Å². The van der Waals surface area contributed by atoms with Crippen LogP contribution in [0.2, 0.25) is 5.02 Å². The molecule has 0 unspecified atom stereocenters. The number of ether oxygens (including phenoxy) is 1. The Labute approximate surface area is 130 Å². The third kappa shape index (κ3) is 3.22. The van der Waals surface area contributed by atoms with Gasteiger partial charge >= 0.3 is 5.97 Å². The molecule has 110 valence electrons. The molecule has 2 aromatic heterocycles. The van der Waals surface area contributed by atoms with Gasteiger partial charge in [0.25, 0.3) is 5.91 Å². The van der Waals surface area contributed by atoms with E-state index in [0.717, 1.165) is 10.4 Å². The van der Waals surface area contributed by atoms with Gasteiger partial charge in [0.15, 0.2) is 0 Å². The summed E-state index contributed by atoms with van der Waals surface area (Å²) >= 11 is 7.15. The van der Waals surface area contributed by atoms with Crippen LogP contribution in [0, 0.1) is 13.8 Å². The Balaban J connectivity index is 2.34. The van der Waals surface area contributed by atoms with E-state index >= 15 is 0 Å². The number of carbonyl (C=O) groups excluding carboxylic acids is 2. The summed E-state index contributed by atoms with van der Waals surface area (Å²) in [5, 5.41) is 3.55. The van der Waals surface area contributed by atoms with Crippen molar-refractivity contribution in [1.29, 1.82) is 0 Å². The molecule has 5 nitrogen and oxygen atoms in total. The van der Waals surface area contributed by atoms with Crippen LogP contribution in [-0.4, -0.2) is 24.0 Å². The molecule has 1 amide bonds. The van der Waals surface area contributed by atoms with Gasteiger partial charge in [-0.3, -0.25) is 9.78 Å². The minimum absolute atomic E-state index is 0.182. The van der Waals surface area contributed by atoms with Crippen LogP contribution in [0.1, 0.15) is 31.3 Å². The van der Waals surface area contributed by atoms with Crippen LogP contribution in [0.15, 0.2) is 18.3 Å². The van der Waals surface area contributed by atoms with Crippen molar-refractivity contribution in [2.24, 2.45) is 0 Å². The standard InChI is InChI=1S/C14H13ClN2O3S/c1-7-8(2)21-13(11(7)14(19)20-3)17-12(18)10-6-9(15)4-5-16-10/h4-6H,1-3H3,(H,17,18). The quantitative estimate of drug-likeness (QED) is 0.878. The molecular weight excluding hydrogens is 312 g/mol. The van der Waals surface area contributed by atoms with Crippen LogP contribution >= 0.6 is 22.9 Å². The zero-order chi connectivity index (χ0) is 15.6. The van der Waals surface area contributed by atoms with E-state index in [4.69, 9.17) is 16.3 Å². The number of hydrogen-bond donors (Lipinski definition) is 1. The molecule has 0 bridgehead atoms. The summed E-state index contributed by atoms with van der Waals surface area (Å²) in [6.45, 7) is 3.69. The van der Waals surface area contributed by atoms with E-state index in [-0.39, 0.29) is 5.69 Å². The Morgan fingerprint density at radius 1 is 1.38 bits per heavy atom. The van der Waals surface area contributed by atoms with Crippen LogP contribution in [0.25, 0.3) is 0 Å². The lowest BCUT2D eigenvalue weighted by molar-refractivity contribution is 0.0601. The van der Waals surface area contributed by atoms with E-state index in [1.165, 1.54) is 30.7 Å². The van der Waals surface area contributed by atoms with Crippen molar-refractivity contribution >= 4 is 39.8 Å². The highest BCUT2D eigenvalue weighted by Crippen LogP contribution is 2.33. The first-order valence-electron chi connectivity index (χ1n) is 6.05. The first-order valence-corrected chi connectivity index (χ1v) is 7.24. The van der Waals surface area contributed by atoms with E-state index in [1.807, 2.05) is 13.8 Å². The van der Waals surface area contributed by atoms with Crippen LogP contribution in [-0.2, 0) is 4.74 Å². The number of thiophene rings is 1. The van der Waals surface area contributed by atoms with Gasteiger partial charge in [0.1, 0.15) is 10.7 Å². The highest BCUT2D eigenvalue weighted by molar-refractivity contribution is 7.16. The lowest BCUT2D eigenvalue weighted by Gasteiger charge is -2.06. The molecule has 2 aromatic rings. The number of nitrogens with zero attached hydrogens (tertiary/aromatic N) is 1. The fraction of sp³-hybridized carbons (Fsp3) is 0.214. The number of esters is 1. The lowest BCUT2D eigenvalue weighted by Crippen LogP contribution is -2.15. The highest BCUT2D eigenvalue weighted by atomic mass is 35.5. The molecule has 1 N–H and O–H groups in total. The van der Waals surface area contributed by atoms with Crippen molar-refractivity contribution in [3.05, 3.63) is 45.1 Å². The number of hydrogen-bond acceptors (Lipinski definition) is 5. The molecule has 0 spiro atoms. The smallest absolute Gasteiger partial charge is 0.341 e. The molecule has 0 aliphatic heterocycles. The van der Waals surface area contributed by atoms with Crippen LogP contribution in [0.5, 0.6) is 0 Å². The fourth-order valence-corrected chi connectivity index (χ4v) is 2.96. The van der Waals surface area contributed by atoms with Gasteiger partial charge in [0.2, 0.25) is 0 Å². The average molecular weight is 325 g/mol. The number of amides is 1. The Morgan fingerprint density at radius 3 is 2.71 bits per heavy atom. The van der Waals surface area contributed by atoms with Gasteiger partial charge in [-0.15, -0.1) is 11.3 Å². The number of nitrogens with one attached hydrogen (secondary N) is 1. The van der Waals surface area contributed by atoms with Crippen LogP contribution < -0.4 is 5.32 Å². The van der Waals surface area contributed by atoms with Gasteiger partial charge in [0, 0.05) is 16.1 Å². The fourth-order valence-electron chi connectivity index (χ4n) is 1.76. The van der Waals surface area contributed by atoms with Gasteiger partial charge in [0.05, 0.1) is 12.7 Å². The summed E-state index contributed by atoms with van der Waals surface area (Å²) in [7, 11) is 1.30. The molecule has 21 heavy (non-hydrogen) atoms. The van der Waals surface area contributed by atoms with E-state index in [9.17, 15) is 9.59 Å². The molecule has 2 heterocycles. The number of anilines is 1. The van der Waals surface area contributed by atoms with Crippen molar-refractivity contribution in [2.75, 3.05) is 12.4 Å². The second-order valence-electron chi connectivity index (χ2n) is 4.29. The summed E-state index contributed by atoms with van der Waals surface area (Å²) in [4.78, 5) is 28.9. The van der Waals surface area contributed by atoms with Crippen molar-refractivity contribution in [1.82, 2.24) is 4.98 Å². The molecule has 0 radical (unpaired) electrons. The molecule has 0 aliphatic rings. The number of methoxy groups -OCH3 is 1. The summed E-state index contributed by atoms with van der Waals surface area (Å²) in [5.41, 5.74) is 1.35. The lowest BCUT2D eigenvalue weighted by atomic mass is 10.1. The van der Waals surface area contributed by atoms with Gasteiger partial charge < -0.3 is 10.1 Å². The number of aryl methyl sites for hydroxylation is 1. The van der Waals surface area contributed by atoms with Crippen LogP contribution in [0.4, 0.5) is 5.00 Å². The molecule has 0 atom stereocenters. The molecule has 0 fully saturated rings. The van der Waals surface area contributed by atoms with Crippen molar-refractivity contribution in [3.63, 3.8) is 0 Å². The summed E-state index contributed by atoms with van der Waals surface area (Å²) in [6, 6.07) is 3.04. The summed E-state index contributed by atoms with van der Waals surface area (Å²) < 4.78 is 4.76. The predicted octanol–water partition coefficient (Wildman–Crippen LogP) is 3.45. The summed E-state index contributed by atoms with van der Waals surface area (Å²) in [6.07, 6.45) is 1.45. The number of carbonyl (C=O) groups is 2. The molecule has 2 rings (SSSR count). The number of aromatic nitrogens is 1. The molecule has 7 heteroatoms. The number of rotatable bonds is 3. The maximum atomic E-state index is 12.2. The topological polar surface area (TPSA) is 68.3 Å². The minimum Gasteiger partial charge on any atom is -0.465 e. The SMILES string of the molecule is COC(=O)c1c(NC(=O)c2cc(Cl)ccn2)sc(C)c1C. The van der Waals surface area contributed by atoms with Crippen molar-refractivity contribution < 1.29 is 14.3 Å². The molecular formula is C14H13ClN2O3S. The zero-order valence-corrected chi connectivity index (χ0v) is 13.3. The van der Waals surface area contributed by atoms with Gasteiger partial charge in [-0.05, 0) is 31.5 Å². The van der Waals surface area contributed by atoms with E-state index in [1.54, 1.807) is 6.07 Å². The Hall–Kier alpha value is -1.92. The number of halogens is 1. The third-order valence-corrected chi connectivity index (χ3v) is 4.31. The van der Waals surface area contributed by atoms with Gasteiger partial charge in [-0.1, -0.05) is 11.6 Å². The maximum absolute atomic E-state index is 12.2. The second kappa shape index (κ2) is 6.24. The van der Waals surface area contributed by atoms with Gasteiger partial charge in [-0.2, -0.15) is 0 Å². The second-order valence-corrected chi connectivity index (χ2v) is 5.95. The summed E-state index contributed by atoms with van der Waals surface area (Å²) in [5.74, 6) is -0.907. The zero-order valence-electron chi connectivity index (χ0n) is 11.7.